The van der Waals surface area contributed by atoms with E-state index in [0.717, 1.165) is 6.21 Å². The van der Waals surface area contributed by atoms with Gasteiger partial charge in [0.05, 0.1) is 12.6 Å². The fraction of sp³-hybridized carbons (Fsp3) is 0.250. The number of carbonyl (C=O) groups is 2. The van der Waals surface area contributed by atoms with Gasteiger partial charge in [-0.2, -0.15) is 0 Å². The first-order chi connectivity index (χ1) is 9.02. The Morgan fingerprint density at radius 1 is 1.37 bits per heavy atom. The molecule has 0 saturated carbocycles. The Labute approximate surface area is 109 Å². The zero-order valence-electron chi connectivity index (χ0n) is 10.2. The van der Waals surface area contributed by atoms with Crippen molar-refractivity contribution in [3.8, 4) is 5.75 Å². The maximum absolute atomic E-state index is 11.4. The van der Waals surface area contributed by atoms with Crippen LogP contribution in [0.1, 0.15) is 18.1 Å². The SMILES string of the molecule is CC(=O)OCOC(=O)Cc1ccc(O)c(/C=N\O)c1. The number of hydrogen-bond donors (Lipinski definition) is 2. The number of phenolic OH excluding ortho intramolecular Hbond substituents is 1. The first-order valence-corrected chi connectivity index (χ1v) is 5.31. The summed E-state index contributed by atoms with van der Waals surface area (Å²) in [5.74, 6) is -1.20. The van der Waals surface area contributed by atoms with E-state index in [1.54, 1.807) is 0 Å². The van der Waals surface area contributed by atoms with Gasteiger partial charge in [0.25, 0.3) is 0 Å². The molecule has 0 aliphatic rings. The topological polar surface area (TPSA) is 105 Å². The Balaban J connectivity index is 2.59. The molecule has 0 spiro atoms. The summed E-state index contributed by atoms with van der Waals surface area (Å²) in [5.41, 5.74) is 0.827. The van der Waals surface area contributed by atoms with Crippen molar-refractivity contribution < 1.29 is 29.4 Å². The van der Waals surface area contributed by atoms with Crippen LogP contribution in [0.2, 0.25) is 0 Å². The van der Waals surface area contributed by atoms with E-state index in [9.17, 15) is 14.7 Å². The zero-order valence-corrected chi connectivity index (χ0v) is 10.2. The minimum absolute atomic E-state index is 0.0617. The van der Waals surface area contributed by atoms with Crippen LogP contribution in [0.4, 0.5) is 0 Å². The van der Waals surface area contributed by atoms with Crippen LogP contribution < -0.4 is 0 Å². The van der Waals surface area contributed by atoms with Crippen LogP contribution in [0, 0.1) is 0 Å². The summed E-state index contributed by atoms with van der Waals surface area (Å²) in [5, 5.41) is 20.6. The highest BCUT2D eigenvalue weighted by molar-refractivity contribution is 5.84. The van der Waals surface area contributed by atoms with Gasteiger partial charge < -0.3 is 19.8 Å². The molecule has 0 bridgehead atoms. The molecule has 1 rings (SSSR count). The van der Waals surface area contributed by atoms with E-state index in [0.29, 0.717) is 5.56 Å². The number of rotatable bonds is 5. The molecule has 1 aromatic carbocycles. The summed E-state index contributed by atoms with van der Waals surface area (Å²) in [4.78, 5) is 21.8. The normalized spacial score (nSPS) is 10.4. The van der Waals surface area contributed by atoms with Crippen molar-refractivity contribution in [2.45, 2.75) is 13.3 Å². The van der Waals surface area contributed by atoms with Gasteiger partial charge in [-0.3, -0.25) is 9.59 Å². The number of aromatic hydroxyl groups is 1. The molecule has 2 N–H and O–H groups in total. The quantitative estimate of drug-likeness (QED) is 0.269. The molecule has 0 unspecified atom stereocenters. The van der Waals surface area contributed by atoms with Crippen LogP contribution in [0.3, 0.4) is 0 Å². The minimum Gasteiger partial charge on any atom is -0.507 e. The average Bonchev–Trinajstić information content (AvgIpc) is 2.33. The number of phenols is 1. The van der Waals surface area contributed by atoms with E-state index in [2.05, 4.69) is 14.6 Å². The smallest absolute Gasteiger partial charge is 0.313 e. The van der Waals surface area contributed by atoms with Crippen LogP contribution in [0.5, 0.6) is 5.75 Å². The van der Waals surface area contributed by atoms with E-state index < -0.39 is 18.7 Å². The minimum atomic E-state index is -0.584. The standard InChI is InChI=1S/C12H13NO6/c1-8(14)18-7-19-12(16)5-9-2-3-11(15)10(4-9)6-13-17/h2-4,6,15,17H,5,7H2,1H3/b13-6-. The molecule has 0 aromatic heterocycles. The summed E-state index contributed by atoms with van der Waals surface area (Å²) >= 11 is 0. The summed E-state index contributed by atoms with van der Waals surface area (Å²) in [6, 6.07) is 4.37. The number of oxime groups is 1. The molecule has 0 aliphatic heterocycles. The van der Waals surface area contributed by atoms with E-state index in [4.69, 9.17) is 5.21 Å². The second-order valence-corrected chi connectivity index (χ2v) is 3.58. The van der Waals surface area contributed by atoms with Crippen molar-refractivity contribution in [1.29, 1.82) is 0 Å². The molecule has 0 radical (unpaired) electrons. The summed E-state index contributed by atoms with van der Waals surface area (Å²) in [6.07, 6.45) is 0.983. The lowest BCUT2D eigenvalue weighted by Gasteiger charge is -2.06. The van der Waals surface area contributed by atoms with Crippen molar-refractivity contribution in [1.82, 2.24) is 0 Å². The summed E-state index contributed by atoms with van der Waals surface area (Å²) < 4.78 is 9.11. The van der Waals surface area contributed by atoms with Crippen molar-refractivity contribution in [3.63, 3.8) is 0 Å². The number of carbonyl (C=O) groups excluding carboxylic acids is 2. The molecule has 0 fully saturated rings. The highest BCUT2D eigenvalue weighted by Crippen LogP contribution is 2.17. The molecule has 1 aromatic rings. The predicted molar refractivity (Wildman–Crippen MR) is 63.9 cm³/mol. The number of nitrogens with zero attached hydrogens (tertiary/aromatic N) is 1. The van der Waals surface area contributed by atoms with Gasteiger partial charge in [0, 0.05) is 12.5 Å². The first kappa shape index (κ1) is 14.5. The van der Waals surface area contributed by atoms with E-state index in [-0.39, 0.29) is 17.7 Å². The highest BCUT2D eigenvalue weighted by Gasteiger charge is 2.08. The average molecular weight is 267 g/mol. The fourth-order valence-corrected chi connectivity index (χ4v) is 1.28. The zero-order chi connectivity index (χ0) is 14.3. The molecule has 0 aliphatic carbocycles. The largest absolute Gasteiger partial charge is 0.507 e. The molecule has 7 nitrogen and oxygen atoms in total. The third-order valence-electron chi connectivity index (χ3n) is 2.12. The van der Waals surface area contributed by atoms with E-state index in [1.807, 2.05) is 0 Å². The Kier molecular flexibility index (Phi) is 5.34. The van der Waals surface area contributed by atoms with Gasteiger partial charge in [-0.1, -0.05) is 11.2 Å². The number of hydrogen-bond acceptors (Lipinski definition) is 7. The lowest BCUT2D eigenvalue weighted by atomic mass is 10.1. The molecule has 102 valence electrons. The van der Waals surface area contributed by atoms with Gasteiger partial charge in [0.2, 0.25) is 6.79 Å². The van der Waals surface area contributed by atoms with Gasteiger partial charge in [0.15, 0.2) is 0 Å². The van der Waals surface area contributed by atoms with Gasteiger partial charge in [-0.25, -0.2) is 0 Å². The van der Waals surface area contributed by atoms with Crippen molar-refractivity contribution in [2.75, 3.05) is 6.79 Å². The molecule has 0 atom stereocenters. The summed E-state index contributed by atoms with van der Waals surface area (Å²) in [7, 11) is 0. The van der Waals surface area contributed by atoms with E-state index >= 15 is 0 Å². The van der Waals surface area contributed by atoms with Crippen molar-refractivity contribution >= 4 is 18.2 Å². The Hall–Kier alpha value is -2.57. The number of benzene rings is 1. The van der Waals surface area contributed by atoms with Gasteiger partial charge >= 0.3 is 11.9 Å². The second-order valence-electron chi connectivity index (χ2n) is 3.58. The van der Waals surface area contributed by atoms with Gasteiger partial charge in [0.1, 0.15) is 5.75 Å². The molecular formula is C12H13NO6. The Morgan fingerprint density at radius 3 is 2.74 bits per heavy atom. The summed E-state index contributed by atoms with van der Waals surface area (Å²) in [6.45, 7) is 0.769. The van der Waals surface area contributed by atoms with Crippen molar-refractivity contribution in [2.24, 2.45) is 5.16 Å². The molecule has 7 heteroatoms. The third kappa shape index (κ3) is 5.07. The molecule has 0 heterocycles. The van der Waals surface area contributed by atoms with Gasteiger partial charge in [-0.15, -0.1) is 0 Å². The fourth-order valence-electron chi connectivity index (χ4n) is 1.28. The maximum atomic E-state index is 11.4. The van der Waals surface area contributed by atoms with Crippen LogP contribution in [-0.2, 0) is 25.5 Å². The van der Waals surface area contributed by atoms with E-state index in [1.165, 1.54) is 25.1 Å². The lowest BCUT2D eigenvalue weighted by molar-refractivity contribution is -0.165. The Morgan fingerprint density at radius 2 is 2.11 bits per heavy atom. The monoisotopic (exact) mass is 267 g/mol. The molecule has 0 amide bonds. The van der Waals surface area contributed by atoms with Crippen LogP contribution in [-0.4, -0.2) is 35.3 Å². The molecule has 0 saturated heterocycles. The highest BCUT2D eigenvalue weighted by atomic mass is 16.7. The maximum Gasteiger partial charge on any atom is 0.313 e. The predicted octanol–water partition coefficient (Wildman–Crippen LogP) is 0.807. The molecular weight excluding hydrogens is 254 g/mol. The Bertz CT molecular complexity index is 497. The van der Waals surface area contributed by atoms with Crippen LogP contribution in [0.15, 0.2) is 23.4 Å². The van der Waals surface area contributed by atoms with Crippen molar-refractivity contribution in [3.05, 3.63) is 29.3 Å². The van der Waals surface area contributed by atoms with Crippen LogP contribution >= 0.6 is 0 Å². The van der Waals surface area contributed by atoms with Gasteiger partial charge in [-0.05, 0) is 17.7 Å². The third-order valence-corrected chi connectivity index (χ3v) is 2.12. The van der Waals surface area contributed by atoms with Crippen LogP contribution in [0.25, 0.3) is 0 Å². The number of ether oxygens (including phenoxy) is 2. The second kappa shape index (κ2) is 7.00. The first-order valence-electron chi connectivity index (χ1n) is 5.31. The number of esters is 2. The lowest BCUT2D eigenvalue weighted by Crippen LogP contribution is -2.12. The molecule has 19 heavy (non-hydrogen) atoms.